The molecular weight excluding hydrogens is 266 g/mol. The topological polar surface area (TPSA) is 68.0 Å². The molecule has 2 aromatic heterocycles. The molecular formula is C16H15N3O2. The highest BCUT2D eigenvalue weighted by Gasteiger charge is 2.13. The van der Waals surface area contributed by atoms with Crippen LogP contribution in [0.3, 0.4) is 0 Å². The highest BCUT2D eigenvalue weighted by atomic mass is 16.4. The van der Waals surface area contributed by atoms with Crippen molar-refractivity contribution in [2.45, 2.75) is 19.9 Å². The van der Waals surface area contributed by atoms with Crippen LogP contribution in [0.5, 0.6) is 0 Å². The highest BCUT2D eigenvalue weighted by Crippen LogP contribution is 2.19. The van der Waals surface area contributed by atoms with E-state index in [4.69, 9.17) is 5.11 Å². The third-order valence-electron chi connectivity index (χ3n) is 3.34. The molecule has 0 atom stereocenters. The molecule has 0 amide bonds. The highest BCUT2D eigenvalue weighted by molar-refractivity contribution is 5.85. The summed E-state index contributed by atoms with van der Waals surface area (Å²) in [5.74, 6) is -0.876. The van der Waals surface area contributed by atoms with E-state index in [9.17, 15) is 4.79 Å². The molecule has 5 nitrogen and oxygen atoms in total. The Bertz CT molecular complexity index is 808. The van der Waals surface area contributed by atoms with Crippen LogP contribution >= 0.6 is 0 Å². The van der Waals surface area contributed by atoms with E-state index in [1.54, 1.807) is 6.20 Å². The summed E-state index contributed by atoms with van der Waals surface area (Å²) < 4.78 is 1.81. The molecule has 1 aromatic carbocycles. The van der Waals surface area contributed by atoms with E-state index in [-0.39, 0.29) is 6.42 Å². The van der Waals surface area contributed by atoms with Crippen LogP contribution in [0.2, 0.25) is 0 Å². The van der Waals surface area contributed by atoms with Crippen molar-refractivity contribution in [1.29, 1.82) is 0 Å². The van der Waals surface area contributed by atoms with Gasteiger partial charge in [-0.3, -0.25) is 14.5 Å². The van der Waals surface area contributed by atoms with E-state index in [1.165, 1.54) is 0 Å². The first-order chi connectivity index (χ1) is 10.1. The van der Waals surface area contributed by atoms with Gasteiger partial charge in [-0.05, 0) is 30.7 Å². The van der Waals surface area contributed by atoms with Crippen molar-refractivity contribution in [2.75, 3.05) is 0 Å². The van der Waals surface area contributed by atoms with Crippen molar-refractivity contribution in [2.24, 2.45) is 0 Å². The summed E-state index contributed by atoms with van der Waals surface area (Å²) in [5.41, 5.74) is 3.56. The Labute approximate surface area is 121 Å². The van der Waals surface area contributed by atoms with Gasteiger partial charge in [0.05, 0.1) is 29.9 Å². The van der Waals surface area contributed by atoms with Gasteiger partial charge in [0.1, 0.15) is 0 Å². The first-order valence-corrected chi connectivity index (χ1v) is 6.71. The van der Waals surface area contributed by atoms with Crippen molar-refractivity contribution < 1.29 is 9.90 Å². The number of rotatable bonds is 4. The number of carboxylic acids is 1. The zero-order valence-corrected chi connectivity index (χ0v) is 11.7. The number of pyridine rings is 1. The van der Waals surface area contributed by atoms with E-state index in [0.717, 1.165) is 22.2 Å². The van der Waals surface area contributed by atoms with Gasteiger partial charge in [0.2, 0.25) is 0 Å². The Morgan fingerprint density at radius 3 is 2.86 bits per heavy atom. The molecule has 0 fully saturated rings. The van der Waals surface area contributed by atoms with Crippen LogP contribution in [0, 0.1) is 6.92 Å². The Morgan fingerprint density at radius 2 is 2.10 bits per heavy atom. The molecule has 3 rings (SSSR count). The third-order valence-corrected chi connectivity index (χ3v) is 3.34. The van der Waals surface area contributed by atoms with E-state index < -0.39 is 5.97 Å². The molecule has 5 heteroatoms. The second-order valence-corrected chi connectivity index (χ2v) is 5.02. The molecule has 2 heterocycles. The van der Waals surface area contributed by atoms with Crippen LogP contribution in [0.25, 0.3) is 10.9 Å². The van der Waals surface area contributed by atoms with Crippen molar-refractivity contribution in [3.8, 4) is 0 Å². The maximum absolute atomic E-state index is 11.0. The molecule has 106 valence electrons. The van der Waals surface area contributed by atoms with Crippen molar-refractivity contribution in [3.63, 3.8) is 0 Å². The second kappa shape index (κ2) is 5.36. The Kier molecular flexibility index (Phi) is 3.39. The fourth-order valence-corrected chi connectivity index (χ4v) is 2.43. The number of aromatic nitrogens is 3. The molecule has 0 aliphatic heterocycles. The van der Waals surface area contributed by atoms with Gasteiger partial charge in [0, 0.05) is 11.6 Å². The number of aliphatic carboxylic acids is 1. The molecule has 0 saturated carbocycles. The SMILES string of the molecule is Cc1ccnc(Cn2nc(CC(=O)O)c3ccccc32)c1. The lowest BCUT2D eigenvalue weighted by Gasteiger charge is -2.03. The summed E-state index contributed by atoms with van der Waals surface area (Å²) >= 11 is 0. The van der Waals surface area contributed by atoms with Gasteiger partial charge in [-0.15, -0.1) is 0 Å². The molecule has 3 aromatic rings. The minimum absolute atomic E-state index is 0.0746. The van der Waals surface area contributed by atoms with Gasteiger partial charge in [-0.25, -0.2) is 0 Å². The maximum atomic E-state index is 11.0. The van der Waals surface area contributed by atoms with Gasteiger partial charge in [0.15, 0.2) is 0 Å². The van der Waals surface area contributed by atoms with Gasteiger partial charge < -0.3 is 5.11 Å². The number of hydrogen-bond donors (Lipinski definition) is 1. The number of aryl methyl sites for hydroxylation is 1. The summed E-state index contributed by atoms with van der Waals surface area (Å²) in [6.45, 7) is 2.55. The van der Waals surface area contributed by atoms with Crippen LogP contribution in [0.4, 0.5) is 0 Å². The number of fused-ring (bicyclic) bond motifs is 1. The van der Waals surface area contributed by atoms with Crippen LogP contribution in [0.15, 0.2) is 42.6 Å². The van der Waals surface area contributed by atoms with Crippen LogP contribution in [0.1, 0.15) is 17.0 Å². The molecule has 0 radical (unpaired) electrons. The quantitative estimate of drug-likeness (QED) is 0.797. The molecule has 0 aliphatic carbocycles. The lowest BCUT2D eigenvalue weighted by atomic mass is 10.2. The Morgan fingerprint density at radius 1 is 1.29 bits per heavy atom. The molecule has 0 spiro atoms. The van der Waals surface area contributed by atoms with E-state index in [0.29, 0.717) is 12.2 Å². The predicted molar refractivity (Wildman–Crippen MR) is 79.1 cm³/mol. The van der Waals surface area contributed by atoms with Gasteiger partial charge in [0.25, 0.3) is 0 Å². The largest absolute Gasteiger partial charge is 0.481 e. The summed E-state index contributed by atoms with van der Waals surface area (Å²) in [6, 6.07) is 11.6. The number of nitrogens with zero attached hydrogens (tertiary/aromatic N) is 3. The molecule has 0 bridgehead atoms. The molecule has 1 N–H and O–H groups in total. The number of para-hydroxylation sites is 1. The third kappa shape index (κ3) is 2.76. The zero-order valence-electron chi connectivity index (χ0n) is 11.7. The number of benzene rings is 1. The maximum Gasteiger partial charge on any atom is 0.309 e. The predicted octanol–water partition coefficient (Wildman–Crippen LogP) is 2.42. The summed E-state index contributed by atoms with van der Waals surface area (Å²) in [6.07, 6.45) is 1.70. The number of carboxylic acid groups (broad SMARTS) is 1. The lowest BCUT2D eigenvalue weighted by molar-refractivity contribution is -0.136. The van der Waals surface area contributed by atoms with Crippen molar-refractivity contribution in [3.05, 3.63) is 59.5 Å². The van der Waals surface area contributed by atoms with Crippen LogP contribution in [-0.4, -0.2) is 25.8 Å². The number of hydrogen-bond acceptors (Lipinski definition) is 3. The first kappa shape index (κ1) is 13.3. The average Bonchev–Trinajstić information content (AvgIpc) is 2.77. The first-order valence-electron chi connectivity index (χ1n) is 6.71. The van der Waals surface area contributed by atoms with Crippen molar-refractivity contribution in [1.82, 2.24) is 14.8 Å². The monoisotopic (exact) mass is 281 g/mol. The number of carbonyl (C=O) groups is 1. The average molecular weight is 281 g/mol. The van der Waals surface area contributed by atoms with Gasteiger partial charge >= 0.3 is 5.97 Å². The van der Waals surface area contributed by atoms with E-state index in [1.807, 2.05) is 48.0 Å². The minimum Gasteiger partial charge on any atom is -0.481 e. The van der Waals surface area contributed by atoms with Crippen molar-refractivity contribution >= 4 is 16.9 Å². The fourth-order valence-electron chi connectivity index (χ4n) is 2.43. The zero-order chi connectivity index (χ0) is 14.8. The molecule has 0 saturated heterocycles. The Hall–Kier alpha value is -2.69. The van der Waals surface area contributed by atoms with E-state index >= 15 is 0 Å². The van der Waals surface area contributed by atoms with Gasteiger partial charge in [-0.1, -0.05) is 18.2 Å². The molecule has 0 unspecified atom stereocenters. The Balaban J connectivity index is 2.04. The summed E-state index contributed by atoms with van der Waals surface area (Å²) in [4.78, 5) is 15.3. The van der Waals surface area contributed by atoms with Gasteiger partial charge in [-0.2, -0.15) is 5.10 Å². The van der Waals surface area contributed by atoms with Crippen LogP contribution < -0.4 is 0 Å². The second-order valence-electron chi connectivity index (χ2n) is 5.02. The van der Waals surface area contributed by atoms with Crippen LogP contribution in [-0.2, 0) is 17.8 Å². The minimum atomic E-state index is -0.876. The molecule has 0 aliphatic rings. The normalized spacial score (nSPS) is 10.9. The standard InChI is InChI=1S/C16H15N3O2/c1-11-6-7-17-12(8-11)10-19-15-5-3-2-4-13(15)14(18-19)9-16(20)21/h2-8H,9-10H2,1H3,(H,20,21). The summed E-state index contributed by atoms with van der Waals surface area (Å²) in [7, 11) is 0. The smallest absolute Gasteiger partial charge is 0.309 e. The van der Waals surface area contributed by atoms with E-state index in [2.05, 4.69) is 10.1 Å². The summed E-state index contributed by atoms with van der Waals surface area (Å²) in [5, 5.41) is 14.3. The lowest BCUT2D eigenvalue weighted by Crippen LogP contribution is -2.06. The fraction of sp³-hybridized carbons (Fsp3) is 0.188. The molecule has 21 heavy (non-hydrogen) atoms.